The summed E-state index contributed by atoms with van der Waals surface area (Å²) in [6, 6.07) is 3.84. The highest BCUT2D eigenvalue weighted by Gasteiger charge is 2.17. The van der Waals surface area contributed by atoms with Crippen molar-refractivity contribution in [3.8, 4) is 11.8 Å². The standard InChI is InChI=1S/C11H12N2O/c12-7-9-8-13-6-5-11(9)14-10-3-1-2-4-10/h5-6,8,10H,1-4H2. The molecule has 0 aliphatic heterocycles. The molecule has 1 heterocycles. The average Bonchev–Trinajstić information content (AvgIpc) is 2.71. The van der Waals surface area contributed by atoms with Gasteiger partial charge in [0.25, 0.3) is 0 Å². The zero-order valence-electron chi connectivity index (χ0n) is 7.94. The SMILES string of the molecule is N#Cc1cnccc1OC1CCCC1. The highest BCUT2D eigenvalue weighted by atomic mass is 16.5. The molecule has 1 aromatic rings. The largest absolute Gasteiger partial charge is 0.489 e. The van der Waals surface area contributed by atoms with Crippen LogP contribution in [0.1, 0.15) is 31.2 Å². The van der Waals surface area contributed by atoms with Crippen molar-refractivity contribution in [3.05, 3.63) is 24.0 Å². The van der Waals surface area contributed by atoms with Crippen LogP contribution in [0.15, 0.2) is 18.5 Å². The lowest BCUT2D eigenvalue weighted by molar-refractivity contribution is 0.209. The van der Waals surface area contributed by atoms with Gasteiger partial charge in [-0.05, 0) is 31.7 Å². The van der Waals surface area contributed by atoms with Crippen LogP contribution in [0.4, 0.5) is 0 Å². The van der Waals surface area contributed by atoms with Crippen LogP contribution in [-0.2, 0) is 0 Å². The van der Waals surface area contributed by atoms with Crippen LogP contribution in [0.25, 0.3) is 0 Å². The van der Waals surface area contributed by atoms with E-state index in [-0.39, 0.29) is 0 Å². The Balaban J connectivity index is 2.11. The average molecular weight is 188 g/mol. The highest BCUT2D eigenvalue weighted by molar-refractivity contribution is 5.40. The maximum absolute atomic E-state index is 8.82. The normalized spacial score (nSPS) is 16.5. The molecule has 0 amide bonds. The van der Waals surface area contributed by atoms with Crippen molar-refractivity contribution in [1.82, 2.24) is 4.98 Å². The molecule has 1 aliphatic carbocycles. The van der Waals surface area contributed by atoms with E-state index in [2.05, 4.69) is 11.1 Å². The van der Waals surface area contributed by atoms with Gasteiger partial charge in [0.15, 0.2) is 0 Å². The topological polar surface area (TPSA) is 45.9 Å². The zero-order chi connectivity index (χ0) is 9.80. The molecule has 2 rings (SSSR count). The van der Waals surface area contributed by atoms with Gasteiger partial charge in [-0.3, -0.25) is 4.98 Å². The second kappa shape index (κ2) is 4.10. The summed E-state index contributed by atoms with van der Waals surface area (Å²) >= 11 is 0. The van der Waals surface area contributed by atoms with E-state index in [1.165, 1.54) is 12.8 Å². The van der Waals surface area contributed by atoms with Gasteiger partial charge in [0, 0.05) is 12.4 Å². The minimum atomic E-state index is 0.296. The predicted octanol–water partition coefficient (Wildman–Crippen LogP) is 2.27. The smallest absolute Gasteiger partial charge is 0.140 e. The zero-order valence-corrected chi connectivity index (χ0v) is 7.94. The second-order valence-electron chi connectivity index (χ2n) is 3.51. The fourth-order valence-corrected chi connectivity index (χ4v) is 1.75. The number of nitriles is 1. The lowest BCUT2D eigenvalue weighted by atomic mass is 10.2. The van der Waals surface area contributed by atoms with Gasteiger partial charge in [-0.15, -0.1) is 0 Å². The molecule has 0 spiro atoms. The summed E-state index contributed by atoms with van der Waals surface area (Å²) in [7, 11) is 0. The van der Waals surface area contributed by atoms with Crippen LogP contribution < -0.4 is 4.74 Å². The molecular weight excluding hydrogens is 176 g/mol. The summed E-state index contributed by atoms with van der Waals surface area (Å²) in [4.78, 5) is 3.89. The van der Waals surface area contributed by atoms with E-state index in [0.717, 1.165) is 12.8 Å². The first kappa shape index (κ1) is 9.01. The van der Waals surface area contributed by atoms with E-state index >= 15 is 0 Å². The molecule has 0 aromatic carbocycles. The summed E-state index contributed by atoms with van der Waals surface area (Å²) in [5.74, 6) is 0.675. The van der Waals surface area contributed by atoms with Gasteiger partial charge in [0.2, 0.25) is 0 Å². The van der Waals surface area contributed by atoms with Crippen molar-refractivity contribution in [1.29, 1.82) is 5.26 Å². The molecule has 0 saturated heterocycles. The molecule has 1 aliphatic rings. The molecule has 0 N–H and O–H groups in total. The third-order valence-corrected chi connectivity index (χ3v) is 2.50. The van der Waals surface area contributed by atoms with Crippen molar-refractivity contribution in [2.24, 2.45) is 0 Å². The summed E-state index contributed by atoms with van der Waals surface area (Å²) in [6.45, 7) is 0. The lowest BCUT2D eigenvalue weighted by Gasteiger charge is -2.13. The van der Waals surface area contributed by atoms with Gasteiger partial charge >= 0.3 is 0 Å². The Kier molecular flexibility index (Phi) is 2.64. The Morgan fingerprint density at radius 1 is 1.43 bits per heavy atom. The van der Waals surface area contributed by atoms with E-state index < -0.39 is 0 Å². The van der Waals surface area contributed by atoms with Crippen molar-refractivity contribution < 1.29 is 4.74 Å². The van der Waals surface area contributed by atoms with Crippen LogP contribution in [-0.4, -0.2) is 11.1 Å². The fraction of sp³-hybridized carbons (Fsp3) is 0.455. The molecule has 0 atom stereocenters. The number of aromatic nitrogens is 1. The van der Waals surface area contributed by atoms with E-state index in [0.29, 0.717) is 17.4 Å². The lowest BCUT2D eigenvalue weighted by Crippen LogP contribution is -2.11. The number of rotatable bonds is 2. The van der Waals surface area contributed by atoms with Gasteiger partial charge < -0.3 is 4.74 Å². The summed E-state index contributed by atoms with van der Waals surface area (Å²) in [6.07, 6.45) is 8.18. The summed E-state index contributed by atoms with van der Waals surface area (Å²) in [5, 5.41) is 8.82. The molecule has 3 heteroatoms. The molecule has 1 saturated carbocycles. The molecule has 14 heavy (non-hydrogen) atoms. The van der Waals surface area contributed by atoms with Gasteiger partial charge in [0.1, 0.15) is 17.4 Å². The van der Waals surface area contributed by atoms with Crippen LogP contribution in [0.5, 0.6) is 5.75 Å². The highest BCUT2D eigenvalue weighted by Crippen LogP contribution is 2.25. The Hall–Kier alpha value is -1.56. The molecule has 0 bridgehead atoms. The summed E-state index contributed by atoms with van der Waals surface area (Å²) in [5.41, 5.74) is 0.527. The number of nitrogens with zero attached hydrogens (tertiary/aromatic N) is 2. The molecule has 1 aromatic heterocycles. The minimum Gasteiger partial charge on any atom is -0.489 e. The Morgan fingerprint density at radius 3 is 2.93 bits per heavy atom. The van der Waals surface area contributed by atoms with Gasteiger partial charge in [0.05, 0.1) is 6.10 Å². The first-order chi connectivity index (χ1) is 6.90. The Labute approximate surface area is 83.3 Å². The Bertz CT molecular complexity index is 351. The monoisotopic (exact) mass is 188 g/mol. The molecule has 0 radical (unpaired) electrons. The first-order valence-electron chi connectivity index (χ1n) is 4.91. The van der Waals surface area contributed by atoms with Crippen LogP contribution in [0, 0.1) is 11.3 Å². The van der Waals surface area contributed by atoms with Crippen molar-refractivity contribution in [2.75, 3.05) is 0 Å². The van der Waals surface area contributed by atoms with E-state index in [4.69, 9.17) is 10.00 Å². The van der Waals surface area contributed by atoms with E-state index in [9.17, 15) is 0 Å². The maximum Gasteiger partial charge on any atom is 0.140 e. The molecule has 72 valence electrons. The molecule has 0 unspecified atom stereocenters. The number of ether oxygens (including phenoxy) is 1. The van der Waals surface area contributed by atoms with Gasteiger partial charge in [-0.1, -0.05) is 0 Å². The number of pyridine rings is 1. The van der Waals surface area contributed by atoms with E-state index in [1.54, 1.807) is 18.5 Å². The van der Waals surface area contributed by atoms with Crippen LogP contribution in [0.3, 0.4) is 0 Å². The molecular formula is C11H12N2O. The third-order valence-electron chi connectivity index (χ3n) is 2.50. The first-order valence-corrected chi connectivity index (χ1v) is 4.91. The van der Waals surface area contributed by atoms with Crippen LogP contribution >= 0.6 is 0 Å². The minimum absolute atomic E-state index is 0.296. The summed E-state index contributed by atoms with van der Waals surface area (Å²) < 4.78 is 5.73. The van der Waals surface area contributed by atoms with Crippen molar-refractivity contribution in [2.45, 2.75) is 31.8 Å². The Morgan fingerprint density at radius 2 is 2.21 bits per heavy atom. The quantitative estimate of drug-likeness (QED) is 0.715. The molecule has 3 nitrogen and oxygen atoms in total. The molecule has 1 fully saturated rings. The van der Waals surface area contributed by atoms with Gasteiger partial charge in [-0.25, -0.2) is 0 Å². The number of hydrogen-bond donors (Lipinski definition) is 0. The van der Waals surface area contributed by atoms with Crippen molar-refractivity contribution >= 4 is 0 Å². The van der Waals surface area contributed by atoms with E-state index in [1.807, 2.05) is 0 Å². The second-order valence-corrected chi connectivity index (χ2v) is 3.51. The third kappa shape index (κ3) is 1.85. The predicted molar refractivity (Wildman–Crippen MR) is 51.8 cm³/mol. The van der Waals surface area contributed by atoms with Crippen LogP contribution in [0.2, 0.25) is 0 Å². The van der Waals surface area contributed by atoms with Crippen molar-refractivity contribution in [3.63, 3.8) is 0 Å². The maximum atomic E-state index is 8.82. The number of hydrogen-bond acceptors (Lipinski definition) is 3. The fourth-order valence-electron chi connectivity index (χ4n) is 1.75. The van der Waals surface area contributed by atoms with Gasteiger partial charge in [-0.2, -0.15) is 5.26 Å².